The van der Waals surface area contributed by atoms with Crippen LogP contribution in [0.15, 0.2) is 95.1 Å². The first-order chi connectivity index (χ1) is 15.8. The molecule has 1 N–H and O–H groups in total. The number of amidine groups is 1. The summed E-state index contributed by atoms with van der Waals surface area (Å²) in [5.74, 6) is -0.000123. The first-order valence-corrected chi connectivity index (χ1v) is 11.3. The molecule has 1 saturated heterocycles. The fourth-order valence-corrected chi connectivity index (χ4v) is 4.64. The number of rotatable bonds is 6. The van der Waals surface area contributed by atoms with Crippen molar-refractivity contribution in [1.29, 1.82) is 0 Å². The molecule has 0 radical (unpaired) electrons. The number of aliphatic imine (C=N–C) groups is 1. The Bertz CT molecular complexity index is 1300. The third-order valence-corrected chi connectivity index (χ3v) is 6.38. The third-order valence-electron chi connectivity index (χ3n) is 5.34. The Morgan fingerprint density at radius 2 is 1.72 bits per heavy atom. The number of aromatic amines is 1. The zero-order valence-corrected chi connectivity index (χ0v) is 18.3. The van der Waals surface area contributed by atoms with Gasteiger partial charge in [-0.1, -0.05) is 66.7 Å². The van der Waals surface area contributed by atoms with Crippen LogP contribution in [0.4, 0.5) is 0 Å². The maximum absolute atomic E-state index is 13.3. The Balaban J connectivity index is 1.41. The van der Waals surface area contributed by atoms with Crippen molar-refractivity contribution in [3.63, 3.8) is 0 Å². The molecular weight excluding hydrogens is 416 g/mol. The summed E-state index contributed by atoms with van der Waals surface area (Å²) in [5, 5.41) is 0.752. The van der Waals surface area contributed by atoms with Crippen LogP contribution in [0.5, 0.6) is 0 Å². The Labute approximate surface area is 190 Å². The van der Waals surface area contributed by atoms with Crippen molar-refractivity contribution in [2.45, 2.75) is 13.0 Å². The monoisotopic (exact) mass is 438 g/mol. The van der Waals surface area contributed by atoms with Gasteiger partial charge in [0.2, 0.25) is 0 Å². The number of carbonyl (C=O) groups excluding carboxylic acids is 1. The second-order valence-electron chi connectivity index (χ2n) is 7.57. The number of H-pyrrole nitrogens is 1. The molecule has 32 heavy (non-hydrogen) atoms. The van der Waals surface area contributed by atoms with E-state index in [1.807, 2.05) is 60.7 Å². The van der Waals surface area contributed by atoms with Gasteiger partial charge in [0.05, 0.1) is 28.8 Å². The molecule has 0 aliphatic carbocycles. The lowest BCUT2D eigenvalue weighted by molar-refractivity contribution is -0.122. The number of hydrogen-bond acceptors (Lipinski definition) is 4. The van der Waals surface area contributed by atoms with Crippen molar-refractivity contribution in [2.75, 3.05) is 6.54 Å². The molecule has 0 unspecified atom stereocenters. The predicted octanol–water partition coefficient (Wildman–Crippen LogP) is 5.28. The lowest BCUT2D eigenvalue weighted by Crippen LogP contribution is -2.31. The quantitative estimate of drug-likeness (QED) is 0.417. The van der Waals surface area contributed by atoms with E-state index in [4.69, 9.17) is 4.99 Å². The highest BCUT2D eigenvalue weighted by atomic mass is 32.2. The normalized spacial score (nSPS) is 16.5. The second-order valence-corrected chi connectivity index (χ2v) is 8.58. The number of hydrogen-bond donors (Lipinski definition) is 1. The van der Waals surface area contributed by atoms with Crippen LogP contribution in [-0.2, 0) is 17.8 Å². The molecule has 1 aromatic heterocycles. The smallest absolute Gasteiger partial charge is 0.266 e. The summed E-state index contributed by atoms with van der Waals surface area (Å²) in [4.78, 5) is 28.0. The second kappa shape index (κ2) is 9.24. The van der Waals surface area contributed by atoms with Crippen molar-refractivity contribution >= 4 is 39.9 Å². The standard InChI is InChI=1S/C26H22N4OS/c31-25-24(16-21-11-12-22-23(15-21)29-18-28-22)32-26(27-17-20-9-5-2-6-10-20)30(25)14-13-19-7-3-1-4-8-19/h1-12,15-16,18H,13-14,17H2,(H,28,29). The summed E-state index contributed by atoms with van der Waals surface area (Å²) in [5.41, 5.74) is 5.14. The zero-order chi connectivity index (χ0) is 21.8. The number of nitrogens with one attached hydrogen (secondary N) is 1. The summed E-state index contributed by atoms with van der Waals surface area (Å²) in [7, 11) is 0. The molecule has 0 spiro atoms. The summed E-state index contributed by atoms with van der Waals surface area (Å²) >= 11 is 1.44. The Morgan fingerprint density at radius 3 is 2.50 bits per heavy atom. The van der Waals surface area contributed by atoms with Gasteiger partial charge in [-0.2, -0.15) is 0 Å². The van der Waals surface area contributed by atoms with Gasteiger partial charge in [-0.15, -0.1) is 0 Å². The number of thioether (sulfide) groups is 1. The van der Waals surface area contributed by atoms with Gasteiger partial charge in [0.25, 0.3) is 5.91 Å². The highest BCUT2D eigenvalue weighted by molar-refractivity contribution is 8.18. The van der Waals surface area contributed by atoms with Crippen molar-refractivity contribution in [2.24, 2.45) is 4.99 Å². The highest BCUT2D eigenvalue weighted by Crippen LogP contribution is 2.33. The van der Waals surface area contributed by atoms with Gasteiger partial charge < -0.3 is 4.98 Å². The van der Waals surface area contributed by atoms with E-state index in [2.05, 4.69) is 34.2 Å². The van der Waals surface area contributed by atoms with Crippen molar-refractivity contribution in [3.8, 4) is 0 Å². The van der Waals surface area contributed by atoms with Crippen molar-refractivity contribution in [1.82, 2.24) is 14.9 Å². The minimum atomic E-state index is -0.000123. The third kappa shape index (κ3) is 4.50. The Hall–Kier alpha value is -3.64. The largest absolute Gasteiger partial charge is 0.345 e. The lowest BCUT2D eigenvalue weighted by atomic mass is 10.1. The molecule has 0 bridgehead atoms. The first kappa shape index (κ1) is 20.3. The van der Waals surface area contributed by atoms with Crippen LogP contribution in [0.3, 0.4) is 0 Å². The van der Waals surface area contributed by atoms with Gasteiger partial charge in [-0.05, 0) is 53.1 Å². The van der Waals surface area contributed by atoms with Crippen molar-refractivity contribution < 1.29 is 4.79 Å². The lowest BCUT2D eigenvalue weighted by Gasteiger charge is -2.15. The number of carbonyl (C=O) groups is 1. The first-order valence-electron chi connectivity index (χ1n) is 10.5. The van der Waals surface area contributed by atoms with Crippen LogP contribution in [0.2, 0.25) is 0 Å². The topological polar surface area (TPSA) is 61.4 Å². The molecule has 4 aromatic rings. The minimum Gasteiger partial charge on any atom is -0.345 e. The average Bonchev–Trinajstić information content (AvgIpc) is 3.42. The summed E-state index contributed by atoms with van der Waals surface area (Å²) < 4.78 is 0. The van der Waals surface area contributed by atoms with Crippen LogP contribution in [0.25, 0.3) is 17.1 Å². The van der Waals surface area contributed by atoms with Gasteiger partial charge in [-0.25, -0.2) is 4.98 Å². The molecule has 1 aliphatic rings. The minimum absolute atomic E-state index is 0.000123. The number of fused-ring (bicyclic) bond motifs is 1. The molecule has 0 atom stereocenters. The van der Waals surface area contributed by atoms with E-state index in [0.29, 0.717) is 18.0 Å². The van der Waals surface area contributed by atoms with Gasteiger partial charge in [0.15, 0.2) is 5.17 Å². The van der Waals surface area contributed by atoms with Crippen LogP contribution in [0.1, 0.15) is 16.7 Å². The van der Waals surface area contributed by atoms with E-state index >= 15 is 0 Å². The number of nitrogens with zero attached hydrogens (tertiary/aromatic N) is 3. The Kier molecular flexibility index (Phi) is 5.85. The summed E-state index contributed by atoms with van der Waals surface area (Å²) in [6.45, 7) is 1.14. The van der Waals surface area contributed by atoms with E-state index in [1.165, 1.54) is 17.3 Å². The zero-order valence-electron chi connectivity index (χ0n) is 17.4. The van der Waals surface area contributed by atoms with Gasteiger partial charge in [-0.3, -0.25) is 14.7 Å². The average molecular weight is 439 g/mol. The molecule has 2 heterocycles. The van der Waals surface area contributed by atoms with Crippen LogP contribution in [-0.4, -0.2) is 32.5 Å². The van der Waals surface area contributed by atoms with Gasteiger partial charge in [0.1, 0.15) is 0 Å². The number of aromatic nitrogens is 2. The fraction of sp³-hybridized carbons (Fsp3) is 0.115. The fourth-order valence-electron chi connectivity index (χ4n) is 3.64. The molecule has 5 rings (SSSR count). The number of benzene rings is 3. The predicted molar refractivity (Wildman–Crippen MR) is 131 cm³/mol. The molecule has 1 aliphatic heterocycles. The molecule has 158 valence electrons. The molecule has 0 saturated carbocycles. The van der Waals surface area contributed by atoms with E-state index < -0.39 is 0 Å². The molecule has 1 fully saturated rings. The van der Waals surface area contributed by atoms with Gasteiger partial charge >= 0.3 is 0 Å². The molecule has 5 nitrogen and oxygen atoms in total. The molecule has 6 heteroatoms. The van der Waals surface area contributed by atoms with Crippen molar-refractivity contribution in [3.05, 3.63) is 107 Å². The van der Waals surface area contributed by atoms with Crippen LogP contribution < -0.4 is 0 Å². The molecular formula is C26H22N4OS. The maximum Gasteiger partial charge on any atom is 0.266 e. The van der Waals surface area contributed by atoms with E-state index in [-0.39, 0.29) is 5.91 Å². The Morgan fingerprint density at radius 1 is 0.969 bits per heavy atom. The van der Waals surface area contributed by atoms with Crippen LogP contribution in [0, 0.1) is 0 Å². The van der Waals surface area contributed by atoms with E-state index in [9.17, 15) is 4.79 Å². The van der Waals surface area contributed by atoms with Gasteiger partial charge in [0, 0.05) is 6.54 Å². The number of imidazole rings is 1. The highest BCUT2D eigenvalue weighted by Gasteiger charge is 2.32. The molecule has 3 aromatic carbocycles. The van der Waals surface area contributed by atoms with Crippen LogP contribution >= 0.6 is 11.8 Å². The van der Waals surface area contributed by atoms with E-state index in [1.54, 1.807) is 11.2 Å². The SMILES string of the molecule is O=C1C(=Cc2ccc3[nH]cnc3c2)SC(=NCc2ccccc2)N1CCc1ccccc1. The van der Waals surface area contributed by atoms with E-state index in [0.717, 1.165) is 33.7 Å². The number of amides is 1. The maximum atomic E-state index is 13.3. The molecule has 1 amide bonds. The summed E-state index contributed by atoms with van der Waals surface area (Å²) in [6.07, 6.45) is 4.39. The summed E-state index contributed by atoms with van der Waals surface area (Å²) in [6, 6.07) is 26.3.